The molecule has 2 atom stereocenters. The molecule has 0 spiro atoms. The third-order valence-electron chi connectivity index (χ3n) is 5.78. The average Bonchev–Trinajstić information content (AvgIpc) is 3.03. The number of nitrogens with zero attached hydrogens (tertiary/aromatic N) is 2. The Morgan fingerprint density at radius 1 is 0.903 bits per heavy atom. The number of fused-ring (bicyclic) bond motifs is 1. The van der Waals surface area contributed by atoms with Crippen molar-refractivity contribution in [3.63, 3.8) is 0 Å². The predicted octanol–water partition coefficient (Wildman–Crippen LogP) is 2.97. The molecule has 0 radical (unpaired) electrons. The molecule has 1 N–H and O–H groups in total. The Kier molecular flexibility index (Phi) is 5.29. The van der Waals surface area contributed by atoms with Crippen LogP contribution in [-0.4, -0.2) is 55.4 Å². The molecule has 7 nitrogen and oxygen atoms in total. The van der Waals surface area contributed by atoms with E-state index in [-0.39, 0.29) is 30.0 Å². The monoisotopic (exact) mass is 441 g/mol. The zero-order valence-corrected chi connectivity index (χ0v) is 19.0. The molecular formula is C23H27N3O4S. The number of hydrogen-bond donors (Lipinski definition) is 1. The first-order chi connectivity index (χ1) is 14.5. The van der Waals surface area contributed by atoms with Crippen LogP contribution >= 0.6 is 0 Å². The van der Waals surface area contributed by atoms with Gasteiger partial charge in [0, 0.05) is 11.4 Å². The van der Waals surface area contributed by atoms with Gasteiger partial charge in [0.05, 0.1) is 23.6 Å². The smallest absolute Gasteiger partial charge is 0.325 e. The molecule has 0 aliphatic carbocycles. The van der Waals surface area contributed by atoms with Crippen LogP contribution in [0.2, 0.25) is 0 Å². The minimum absolute atomic E-state index is 0.0917. The lowest BCUT2D eigenvalue weighted by atomic mass is 10.1. The first kappa shape index (κ1) is 21.4. The fourth-order valence-corrected chi connectivity index (χ4v) is 6.71. The van der Waals surface area contributed by atoms with Crippen molar-refractivity contribution in [1.29, 1.82) is 0 Å². The van der Waals surface area contributed by atoms with Crippen molar-refractivity contribution in [3.05, 3.63) is 58.7 Å². The molecule has 0 unspecified atom stereocenters. The summed E-state index contributed by atoms with van der Waals surface area (Å²) in [5.41, 5.74) is 5.37. The van der Waals surface area contributed by atoms with Crippen LogP contribution in [0, 0.1) is 27.7 Å². The number of sulfone groups is 1. The van der Waals surface area contributed by atoms with Gasteiger partial charge in [-0.3, -0.25) is 9.69 Å². The molecule has 2 saturated heterocycles. The van der Waals surface area contributed by atoms with Gasteiger partial charge >= 0.3 is 6.03 Å². The lowest BCUT2D eigenvalue weighted by molar-refractivity contribution is -0.116. The normalized spacial score (nSPS) is 22.0. The van der Waals surface area contributed by atoms with Gasteiger partial charge in [-0.2, -0.15) is 0 Å². The number of urea groups is 1. The highest BCUT2D eigenvalue weighted by Gasteiger charge is 2.54. The van der Waals surface area contributed by atoms with E-state index in [1.165, 1.54) is 4.90 Å². The van der Waals surface area contributed by atoms with Crippen LogP contribution in [0.15, 0.2) is 36.4 Å². The van der Waals surface area contributed by atoms with E-state index in [4.69, 9.17) is 0 Å². The van der Waals surface area contributed by atoms with Crippen molar-refractivity contribution in [2.24, 2.45) is 0 Å². The van der Waals surface area contributed by atoms with Gasteiger partial charge in [-0.1, -0.05) is 12.1 Å². The molecule has 2 aromatic carbocycles. The van der Waals surface area contributed by atoms with Crippen LogP contribution in [0.5, 0.6) is 0 Å². The van der Waals surface area contributed by atoms with E-state index >= 15 is 0 Å². The molecule has 8 heteroatoms. The standard InChI is InChI=1S/C23H27N3O4S/c1-14-5-15(2)8-18(7-14)24-22(27)11-25-20-12-31(29,30)13-21(20)26(23(25)28)19-9-16(3)6-17(4)10-19/h5-10,20-21H,11-13H2,1-4H3,(H,24,27)/t20-,21+/m1/s1. The number of benzene rings is 2. The molecule has 2 fully saturated rings. The van der Waals surface area contributed by atoms with E-state index < -0.39 is 21.9 Å². The first-order valence-electron chi connectivity index (χ1n) is 10.3. The Balaban J connectivity index is 1.61. The summed E-state index contributed by atoms with van der Waals surface area (Å²) in [6, 6.07) is 10.1. The van der Waals surface area contributed by atoms with Crippen molar-refractivity contribution >= 4 is 33.2 Å². The van der Waals surface area contributed by atoms with Crippen molar-refractivity contribution < 1.29 is 18.0 Å². The molecule has 4 rings (SSSR count). The second kappa shape index (κ2) is 7.67. The molecule has 0 bridgehead atoms. The van der Waals surface area contributed by atoms with Crippen molar-refractivity contribution in [3.8, 4) is 0 Å². The lowest BCUT2D eigenvalue weighted by Crippen LogP contribution is -2.42. The van der Waals surface area contributed by atoms with E-state index in [2.05, 4.69) is 5.32 Å². The quantitative estimate of drug-likeness (QED) is 0.739. The van der Waals surface area contributed by atoms with Crippen LogP contribution < -0.4 is 10.2 Å². The van der Waals surface area contributed by atoms with E-state index in [0.29, 0.717) is 11.4 Å². The van der Waals surface area contributed by atoms with Gasteiger partial charge in [-0.15, -0.1) is 0 Å². The molecule has 2 heterocycles. The highest BCUT2D eigenvalue weighted by Crippen LogP contribution is 2.35. The highest BCUT2D eigenvalue weighted by atomic mass is 32.2. The summed E-state index contributed by atoms with van der Waals surface area (Å²) in [6.45, 7) is 7.58. The summed E-state index contributed by atoms with van der Waals surface area (Å²) in [6.07, 6.45) is 0. The second-order valence-corrected chi connectivity index (χ2v) is 10.9. The van der Waals surface area contributed by atoms with Gasteiger partial charge in [0.1, 0.15) is 6.54 Å². The van der Waals surface area contributed by atoms with Crippen LogP contribution in [-0.2, 0) is 14.6 Å². The van der Waals surface area contributed by atoms with Gasteiger partial charge in [-0.25, -0.2) is 13.2 Å². The first-order valence-corrected chi connectivity index (χ1v) is 12.1. The van der Waals surface area contributed by atoms with Gasteiger partial charge in [0.25, 0.3) is 0 Å². The molecular weight excluding hydrogens is 414 g/mol. The summed E-state index contributed by atoms with van der Waals surface area (Å²) in [5, 5.41) is 2.84. The maximum atomic E-state index is 13.3. The summed E-state index contributed by atoms with van der Waals surface area (Å²) in [7, 11) is -3.30. The number of nitrogens with one attached hydrogen (secondary N) is 1. The molecule has 3 amide bonds. The van der Waals surface area contributed by atoms with Gasteiger partial charge in [-0.05, 0) is 74.2 Å². The highest BCUT2D eigenvalue weighted by molar-refractivity contribution is 7.91. The Hall–Kier alpha value is -2.87. The summed E-state index contributed by atoms with van der Waals surface area (Å²) < 4.78 is 24.8. The molecule has 2 aromatic rings. The number of anilines is 2. The second-order valence-electron chi connectivity index (χ2n) is 8.76. The van der Waals surface area contributed by atoms with Crippen molar-refractivity contribution in [2.75, 3.05) is 28.3 Å². The van der Waals surface area contributed by atoms with Crippen LogP contribution in [0.25, 0.3) is 0 Å². The number of hydrogen-bond acceptors (Lipinski definition) is 4. The Morgan fingerprint density at radius 3 is 2.00 bits per heavy atom. The van der Waals surface area contributed by atoms with Gasteiger partial charge < -0.3 is 10.2 Å². The summed E-state index contributed by atoms with van der Waals surface area (Å²) in [4.78, 5) is 29.1. The number of rotatable bonds is 4. The number of aryl methyl sites for hydroxylation is 4. The fraction of sp³-hybridized carbons (Fsp3) is 0.391. The Bertz CT molecular complexity index is 1130. The Morgan fingerprint density at radius 2 is 1.42 bits per heavy atom. The third-order valence-corrected chi connectivity index (χ3v) is 7.48. The molecule has 0 aromatic heterocycles. The SMILES string of the molecule is Cc1cc(C)cc(NC(=O)CN2C(=O)N(c3cc(C)cc(C)c3)[C@H]3CS(=O)(=O)C[C@H]32)c1. The van der Waals surface area contributed by atoms with E-state index in [9.17, 15) is 18.0 Å². The predicted molar refractivity (Wildman–Crippen MR) is 121 cm³/mol. The molecule has 0 saturated carbocycles. The zero-order chi connectivity index (χ0) is 22.5. The van der Waals surface area contributed by atoms with Crippen molar-refractivity contribution in [2.45, 2.75) is 39.8 Å². The van der Waals surface area contributed by atoms with E-state index in [0.717, 1.165) is 22.3 Å². The van der Waals surface area contributed by atoms with Gasteiger partial charge in [0.15, 0.2) is 9.84 Å². The van der Waals surface area contributed by atoms with Crippen LogP contribution in [0.3, 0.4) is 0 Å². The maximum absolute atomic E-state index is 13.3. The molecule has 31 heavy (non-hydrogen) atoms. The van der Waals surface area contributed by atoms with E-state index in [1.807, 2.05) is 64.1 Å². The number of amides is 3. The lowest BCUT2D eigenvalue weighted by Gasteiger charge is -2.23. The number of carbonyl (C=O) groups excluding carboxylic acids is 2. The van der Waals surface area contributed by atoms with Crippen LogP contribution in [0.4, 0.5) is 16.2 Å². The van der Waals surface area contributed by atoms with Gasteiger partial charge in [0.2, 0.25) is 5.91 Å². The topological polar surface area (TPSA) is 86.8 Å². The van der Waals surface area contributed by atoms with Crippen molar-refractivity contribution in [1.82, 2.24) is 4.90 Å². The third kappa shape index (κ3) is 4.30. The fourth-order valence-electron chi connectivity index (χ4n) is 4.76. The van der Waals surface area contributed by atoms with Crippen LogP contribution in [0.1, 0.15) is 22.3 Å². The zero-order valence-electron chi connectivity index (χ0n) is 18.2. The average molecular weight is 442 g/mol. The Labute approximate surface area is 183 Å². The van der Waals surface area contributed by atoms with E-state index in [1.54, 1.807) is 4.90 Å². The summed E-state index contributed by atoms with van der Waals surface area (Å²) >= 11 is 0. The number of carbonyl (C=O) groups is 2. The maximum Gasteiger partial charge on any atom is 0.325 e. The molecule has 2 aliphatic heterocycles. The minimum atomic E-state index is -3.30. The molecule has 2 aliphatic rings. The minimum Gasteiger partial charge on any atom is -0.325 e. The molecule has 164 valence electrons. The largest absolute Gasteiger partial charge is 0.325 e. The summed E-state index contributed by atoms with van der Waals surface area (Å²) in [5.74, 6) is -0.559.